The number of imidazole rings is 1. The minimum Gasteiger partial charge on any atom is -0.329 e. The molecule has 0 bridgehead atoms. The second kappa shape index (κ2) is 6.73. The maximum absolute atomic E-state index is 11.9. The average molecular weight is 317 g/mol. The lowest BCUT2D eigenvalue weighted by Crippen LogP contribution is -2.15. The van der Waals surface area contributed by atoms with Crippen LogP contribution in [0.2, 0.25) is 0 Å². The van der Waals surface area contributed by atoms with Crippen LogP contribution in [-0.4, -0.2) is 26.1 Å². The van der Waals surface area contributed by atoms with E-state index in [0.717, 1.165) is 6.07 Å². The molecule has 2 rings (SSSR count). The third kappa shape index (κ3) is 3.62. The molecule has 1 N–H and O–H groups in total. The highest BCUT2D eigenvalue weighted by molar-refractivity contribution is 7.99. The van der Waals surface area contributed by atoms with Crippen molar-refractivity contribution < 1.29 is 9.72 Å². The summed E-state index contributed by atoms with van der Waals surface area (Å²) < 4.78 is 1.78. The van der Waals surface area contributed by atoms with Crippen molar-refractivity contribution in [1.82, 2.24) is 9.55 Å². The zero-order valence-electron chi connectivity index (χ0n) is 11.5. The van der Waals surface area contributed by atoms with E-state index in [0.29, 0.717) is 5.16 Å². The van der Waals surface area contributed by atoms with Gasteiger partial charge in [-0.3, -0.25) is 14.9 Å². The first kappa shape index (κ1) is 15.5. The van der Waals surface area contributed by atoms with Crippen LogP contribution in [-0.2, 0) is 11.8 Å². The quantitative estimate of drug-likeness (QED) is 0.512. The molecule has 1 aromatic heterocycles. The van der Waals surface area contributed by atoms with E-state index in [2.05, 4.69) is 10.3 Å². The van der Waals surface area contributed by atoms with Gasteiger partial charge in [-0.2, -0.15) is 5.26 Å². The Morgan fingerprint density at radius 3 is 2.95 bits per heavy atom. The van der Waals surface area contributed by atoms with E-state index in [1.807, 2.05) is 13.1 Å². The van der Waals surface area contributed by atoms with Crippen LogP contribution in [0.4, 0.5) is 11.4 Å². The van der Waals surface area contributed by atoms with Crippen molar-refractivity contribution in [3.8, 4) is 6.07 Å². The predicted octanol–water partition coefficient (Wildman–Crippen LogP) is 1.93. The van der Waals surface area contributed by atoms with Crippen LogP contribution in [0.5, 0.6) is 0 Å². The fourth-order valence-corrected chi connectivity index (χ4v) is 2.39. The predicted molar refractivity (Wildman–Crippen MR) is 80.4 cm³/mol. The fraction of sp³-hybridized carbons (Fsp3) is 0.154. The number of aromatic nitrogens is 2. The van der Waals surface area contributed by atoms with Crippen molar-refractivity contribution in [2.24, 2.45) is 7.05 Å². The summed E-state index contributed by atoms with van der Waals surface area (Å²) in [6.07, 6.45) is 3.40. The smallest absolute Gasteiger partial charge is 0.270 e. The van der Waals surface area contributed by atoms with Gasteiger partial charge in [-0.05, 0) is 6.07 Å². The third-order valence-electron chi connectivity index (χ3n) is 2.72. The summed E-state index contributed by atoms with van der Waals surface area (Å²) in [6.45, 7) is 0. The highest BCUT2D eigenvalue weighted by atomic mass is 32.2. The first-order chi connectivity index (χ1) is 10.5. The van der Waals surface area contributed by atoms with Gasteiger partial charge in [-0.15, -0.1) is 0 Å². The minimum absolute atomic E-state index is 0.0459. The van der Waals surface area contributed by atoms with E-state index in [1.54, 1.807) is 17.0 Å². The summed E-state index contributed by atoms with van der Waals surface area (Å²) in [5.74, 6) is -0.203. The molecular weight excluding hydrogens is 306 g/mol. The van der Waals surface area contributed by atoms with E-state index in [-0.39, 0.29) is 28.6 Å². The largest absolute Gasteiger partial charge is 0.329 e. The van der Waals surface area contributed by atoms with E-state index in [1.165, 1.54) is 23.9 Å². The number of nitro groups is 1. The SMILES string of the molecule is Cn1ccnc1SCC(=O)Nc1ccc([N+](=O)[O-])cc1C#N. The molecule has 1 aromatic carbocycles. The number of carbonyl (C=O) groups excluding carboxylic acids is 1. The molecule has 0 radical (unpaired) electrons. The van der Waals surface area contributed by atoms with Crippen LogP contribution >= 0.6 is 11.8 Å². The van der Waals surface area contributed by atoms with E-state index in [4.69, 9.17) is 5.26 Å². The van der Waals surface area contributed by atoms with Crippen molar-refractivity contribution in [3.63, 3.8) is 0 Å². The summed E-state index contributed by atoms with van der Waals surface area (Å²) in [6, 6.07) is 5.54. The number of amides is 1. The number of benzene rings is 1. The molecule has 1 heterocycles. The molecule has 0 fully saturated rings. The molecular formula is C13H11N5O3S. The summed E-state index contributed by atoms with van der Waals surface area (Å²) in [7, 11) is 1.82. The lowest BCUT2D eigenvalue weighted by atomic mass is 10.1. The number of hydrogen-bond acceptors (Lipinski definition) is 6. The van der Waals surface area contributed by atoms with Gasteiger partial charge < -0.3 is 9.88 Å². The van der Waals surface area contributed by atoms with Crippen molar-refractivity contribution in [2.45, 2.75) is 5.16 Å². The molecule has 0 spiro atoms. The summed E-state index contributed by atoms with van der Waals surface area (Å²) in [4.78, 5) is 26.0. The molecule has 0 atom stereocenters. The number of nitriles is 1. The number of carbonyl (C=O) groups is 1. The Bertz CT molecular complexity index is 765. The van der Waals surface area contributed by atoms with Crippen LogP contribution in [0.3, 0.4) is 0 Å². The number of nitro benzene ring substituents is 1. The standard InChI is InChI=1S/C13H11N5O3S/c1-17-5-4-15-13(17)22-8-12(19)16-11-3-2-10(18(20)21)6-9(11)7-14/h2-6H,8H2,1H3,(H,16,19). The van der Waals surface area contributed by atoms with Crippen LogP contribution < -0.4 is 5.32 Å². The number of anilines is 1. The lowest BCUT2D eigenvalue weighted by Gasteiger charge is -2.06. The van der Waals surface area contributed by atoms with Gasteiger partial charge in [0.15, 0.2) is 5.16 Å². The fourth-order valence-electron chi connectivity index (χ4n) is 1.65. The first-order valence-electron chi connectivity index (χ1n) is 6.10. The number of nitrogens with one attached hydrogen (secondary N) is 1. The van der Waals surface area contributed by atoms with Gasteiger partial charge >= 0.3 is 0 Å². The Kier molecular flexibility index (Phi) is 4.75. The number of hydrogen-bond donors (Lipinski definition) is 1. The molecule has 0 aliphatic carbocycles. The van der Waals surface area contributed by atoms with Gasteiger partial charge in [0.1, 0.15) is 6.07 Å². The monoisotopic (exact) mass is 317 g/mol. The van der Waals surface area contributed by atoms with Crippen molar-refractivity contribution in [1.29, 1.82) is 5.26 Å². The van der Waals surface area contributed by atoms with Crippen LogP contribution in [0.1, 0.15) is 5.56 Å². The second-order valence-electron chi connectivity index (χ2n) is 4.26. The second-order valence-corrected chi connectivity index (χ2v) is 5.20. The molecule has 112 valence electrons. The summed E-state index contributed by atoms with van der Waals surface area (Å²) >= 11 is 1.25. The summed E-state index contributed by atoms with van der Waals surface area (Å²) in [5.41, 5.74) is 0.0972. The molecule has 2 aromatic rings. The third-order valence-corrected chi connectivity index (χ3v) is 3.78. The molecule has 22 heavy (non-hydrogen) atoms. The molecule has 1 amide bonds. The lowest BCUT2D eigenvalue weighted by molar-refractivity contribution is -0.384. The zero-order chi connectivity index (χ0) is 16.1. The van der Waals surface area contributed by atoms with Crippen LogP contribution in [0.25, 0.3) is 0 Å². The maximum atomic E-state index is 11.9. The Balaban J connectivity index is 2.04. The molecule has 0 aliphatic rings. The Hall–Kier alpha value is -2.86. The number of nitrogens with zero attached hydrogens (tertiary/aromatic N) is 4. The topological polar surface area (TPSA) is 114 Å². The normalized spacial score (nSPS) is 10.0. The average Bonchev–Trinajstić information content (AvgIpc) is 2.90. The first-order valence-corrected chi connectivity index (χ1v) is 7.08. The molecule has 0 saturated carbocycles. The van der Waals surface area contributed by atoms with Gasteiger partial charge in [0, 0.05) is 31.6 Å². The number of aryl methyl sites for hydroxylation is 1. The molecule has 0 aliphatic heterocycles. The Labute approximate surface area is 129 Å². The van der Waals surface area contributed by atoms with E-state index in [9.17, 15) is 14.9 Å². The van der Waals surface area contributed by atoms with Crippen LogP contribution in [0, 0.1) is 21.4 Å². The summed E-state index contributed by atoms with van der Waals surface area (Å²) in [5, 5.41) is 22.9. The van der Waals surface area contributed by atoms with Gasteiger partial charge in [-0.1, -0.05) is 11.8 Å². The number of non-ortho nitro benzene ring substituents is 1. The molecule has 0 saturated heterocycles. The molecule has 0 unspecified atom stereocenters. The van der Waals surface area contributed by atoms with Gasteiger partial charge in [0.05, 0.1) is 21.9 Å². The molecule has 9 heteroatoms. The van der Waals surface area contributed by atoms with E-state index < -0.39 is 4.92 Å². The van der Waals surface area contributed by atoms with E-state index >= 15 is 0 Å². The zero-order valence-corrected chi connectivity index (χ0v) is 12.3. The highest BCUT2D eigenvalue weighted by Crippen LogP contribution is 2.22. The van der Waals surface area contributed by atoms with Crippen molar-refractivity contribution in [3.05, 3.63) is 46.3 Å². The van der Waals surface area contributed by atoms with Gasteiger partial charge in [0.2, 0.25) is 5.91 Å². The Morgan fingerprint density at radius 2 is 2.36 bits per heavy atom. The van der Waals surface area contributed by atoms with Gasteiger partial charge in [-0.25, -0.2) is 4.98 Å². The number of thioether (sulfide) groups is 1. The van der Waals surface area contributed by atoms with Crippen molar-refractivity contribution >= 4 is 29.0 Å². The maximum Gasteiger partial charge on any atom is 0.270 e. The minimum atomic E-state index is -0.594. The highest BCUT2D eigenvalue weighted by Gasteiger charge is 2.13. The Morgan fingerprint density at radius 1 is 1.59 bits per heavy atom. The van der Waals surface area contributed by atoms with Crippen molar-refractivity contribution in [2.75, 3.05) is 11.1 Å². The number of rotatable bonds is 5. The van der Waals surface area contributed by atoms with Gasteiger partial charge in [0.25, 0.3) is 5.69 Å². The van der Waals surface area contributed by atoms with Crippen LogP contribution in [0.15, 0.2) is 35.7 Å². The molecule has 8 nitrogen and oxygen atoms in total.